The van der Waals surface area contributed by atoms with Crippen molar-refractivity contribution >= 4 is 5.95 Å². The first kappa shape index (κ1) is 13.2. The van der Waals surface area contributed by atoms with Crippen molar-refractivity contribution < 1.29 is 9.47 Å². The van der Waals surface area contributed by atoms with Gasteiger partial charge >= 0.3 is 0 Å². The standard InChI is InChI=1S/C13H21N3O2/c1-13(2,3)10-6-14-12(15-7-10)16-8-11-9-17-4-5-18-11/h6-7,11H,4-5,8-9H2,1-3H3,(H,14,15,16)/t11-/m0/s1. The van der Waals surface area contributed by atoms with Crippen molar-refractivity contribution in [1.82, 2.24) is 9.97 Å². The van der Waals surface area contributed by atoms with E-state index in [0.29, 0.717) is 32.3 Å². The van der Waals surface area contributed by atoms with Gasteiger partial charge in [-0.3, -0.25) is 0 Å². The van der Waals surface area contributed by atoms with Gasteiger partial charge in [-0.2, -0.15) is 0 Å². The zero-order valence-corrected chi connectivity index (χ0v) is 11.3. The van der Waals surface area contributed by atoms with Crippen LogP contribution < -0.4 is 5.32 Å². The van der Waals surface area contributed by atoms with Crippen LogP contribution >= 0.6 is 0 Å². The summed E-state index contributed by atoms with van der Waals surface area (Å²) in [6.07, 6.45) is 3.82. The second-order valence-corrected chi connectivity index (χ2v) is 5.49. The summed E-state index contributed by atoms with van der Waals surface area (Å²) in [6.45, 7) is 9.09. The summed E-state index contributed by atoms with van der Waals surface area (Å²) in [5.41, 5.74) is 1.21. The van der Waals surface area contributed by atoms with E-state index in [1.807, 2.05) is 12.4 Å². The highest BCUT2D eigenvalue weighted by molar-refractivity contribution is 5.27. The lowest BCUT2D eigenvalue weighted by Gasteiger charge is -2.23. The van der Waals surface area contributed by atoms with Crippen molar-refractivity contribution in [2.24, 2.45) is 0 Å². The van der Waals surface area contributed by atoms with Crippen LogP contribution in [0.15, 0.2) is 12.4 Å². The Kier molecular flexibility index (Phi) is 4.14. The average molecular weight is 251 g/mol. The van der Waals surface area contributed by atoms with E-state index < -0.39 is 0 Å². The molecule has 2 heterocycles. The quantitative estimate of drug-likeness (QED) is 0.884. The SMILES string of the molecule is CC(C)(C)c1cnc(NC[C@H]2COCCO2)nc1. The molecule has 0 aromatic carbocycles. The Balaban J connectivity index is 1.86. The van der Waals surface area contributed by atoms with E-state index in [-0.39, 0.29) is 11.5 Å². The summed E-state index contributed by atoms with van der Waals surface area (Å²) in [5.74, 6) is 0.636. The van der Waals surface area contributed by atoms with E-state index in [9.17, 15) is 0 Å². The van der Waals surface area contributed by atoms with Gasteiger partial charge in [-0.1, -0.05) is 20.8 Å². The van der Waals surface area contributed by atoms with E-state index in [2.05, 4.69) is 36.1 Å². The van der Waals surface area contributed by atoms with Crippen LogP contribution in [0.5, 0.6) is 0 Å². The molecule has 100 valence electrons. The molecule has 0 aliphatic carbocycles. The maximum absolute atomic E-state index is 5.53. The van der Waals surface area contributed by atoms with Gasteiger partial charge in [0.1, 0.15) is 0 Å². The molecule has 1 saturated heterocycles. The molecule has 1 fully saturated rings. The Morgan fingerprint density at radius 2 is 2.00 bits per heavy atom. The van der Waals surface area contributed by atoms with Crippen LogP contribution in [0, 0.1) is 0 Å². The van der Waals surface area contributed by atoms with Crippen molar-refractivity contribution in [1.29, 1.82) is 0 Å². The van der Waals surface area contributed by atoms with Crippen LogP contribution in [-0.2, 0) is 14.9 Å². The Morgan fingerprint density at radius 3 is 2.56 bits per heavy atom. The molecule has 5 nitrogen and oxygen atoms in total. The van der Waals surface area contributed by atoms with Gasteiger partial charge in [0, 0.05) is 18.9 Å². The van der Waals surface area contributed by atoms with Crippen LogP contribution in [0.25, 0.3) is 0 Å². The molecule has 1 aromatic heterocycles. The summed E-state index contributed by atoms with van der Waals surface area (Å²) < 4.78 is 10.9. The lowest BCUT2D eigenvalue weighted by Crippen LogP contribution is -2.34. The van der Waals surface area contributed by atoms with Crippen LogP contribution in [0.3, 0.4) is 0 Å². The second-order valence-electron chi connectivity index (χ2n) is 5.49. The Bertz CT molecular complexity index is 367. The number of nitrogens with one attached hydrogen (secondary N) is 1. The first-order valence-electron chi connectivity index (χ1n) is 6.31. The predicted octanol–water partition coefficient (Wildman–Crippen LogP) is 1.60. The summed E-state index contributed by atoms with van der Waals surface area (Å²) in [7, 11) is 0. The average Bonchev–Trinajstić information content (AvgIpc) is 2.37. The summed E-state index contributed by atoms with van der Waals surface area (Å²) in [5, 5.41) is 3.17. The zero-order chi connectivity index (χ0) is 13.0. The lowest BCUT2D eigenvalue weighted by atomic mass is 9.89. The molecule has 1 atom stereocenters. The van der Waals surface area contributed by atoms with E-state index >= 15 is 0 Å². The number of hydrogen-bond acceptors (Lipinski definition) is 5. The third kappa shape index (κ3) is 3.65. The highest BCUT2D eigenvalue weighted by atomic mass is 16.6. The maximum atomic E-state index is 5.53. The molecule has 0 unspecified atom stereocenters. The van der Waals surface area contributed by atoms with E-state index in [0.717, 1.165) is 5.56 Å². The minimum atomic E-state index is 0.0822. The molecule has 0 amide bonds. The molecule has 18 heavy (non-hydrogen) atoms. The molecule has 1 aliphatic heterocycles. The molecular weight excluding hydrogens is 230 g/mol. The molecule has 0 radical (unpaired) electrons. The monoisotopic (exact) mass is 251 g/mol. The predicted molar refractivity (Wildman–Crippen MR) is 69.8 cm³/mol. The highest BCUT2D eigenvalue weighted by Crippen LogP contribution is 2.20. The number of rotatable bonds is 3. The van der Waals surface area contributed by atoms with Crippen LogP contribution in [0.1, 0.15) is 26.3 Å². The molecule has 1 N–H and O–H groups in total. The fourth-order valence-corrected chi connectivity index (χ4v) is 1.67. The molecule has 5 heteroatoms. The fraction of sp³-hybridized carbons (Fsp3) is 0.692. The van der Waals surface area contributed by atoms with Crippen molar-refractivity contribution in [3.63, 3.8) is 0 Å². The van der Waals surface area contributed by atoms with Gasteiger partial charge in [0.2, 0.25) is 5.95 Å². The van der Waals surface area contributed by atoms with Gasteiger partial charge in [0.25, 0.3) is 0 Å². The normalized spacial score (nSPS) is 20.7. The van der Waals surface area contributed by atoms with Crippen molar-refractivity contribution in [3.05, 3.63) is 18.0 Å². The lowest BCUT2D eigenvalue weighted by molar-refractivity contribution is -0.0819. The van der Waals surface area contributed by atoms with E-state index in [1.54, 1.807) is 0 Å². The third-order valence-corrected chi connectivity index (χ3v) is 2.89. The largest absolute Gasteiger partial charge is 0.376 e. The Hall–Kier alpha value is -1.20. The van der Waals surface area contributed by atoms with E-state index in [1.165, 1.54) is 0 Å². The van der Waals surface area contributed by atoms with Crippen molar-refractivity contribution in [3.8, 4) is 0 Å². The van der Waals surface area contributed by atoms with Crippen LogP contribution in [-0.4, -0.2) is 42.4 Å². The van der Waals surface area contributed by atoms with E-state index in [4.69, 9.17) is 9.47 Å². The minimum Gasteiger partial charge on any atom is -0.376 e. The molecule has 1 aliphatic rings. The van der Waals surface area contributed by atoms with Gasteiger partial charge in [0.05, 0.1) is 25.9 Å². The van der Waals surface area contributed by atoms with Gasteiger partial charge in [-0.25, -0.2) is 9.97 Å². The van der Waals surface area contributed by atoms with Crippen LogP contribution in [0.2, 0.25) is 0 Å². The highest BCUT2D eigenvalue weighted by Gasteiger charge is 2.16. The fourth-order valence-electron chi connectivity index (χ4n) is 1.67. The summed E-state index contributed by atoms with van der Waals surface area (Å²) in [4.78, 5) is 8.62. The van der Waals surface area contributed by atoms with Gasteiger partial charge in [-0.05, 0) is 11.0 Å². The Morgan fingerprint density at radius 1 is 1.28 bits per heavy atom. The number of hydrogen-bond donors (Lipinski definition) is 1. The van der Waals surface area contributed by atoms with Crippen molar-refractivity contribution in [2.75, 3.05) is 31.7 Å². The smallest absolute Gasteiger partial charge is 0.222 e. The molecule has 1 aromatic rings. The number of ether oxygens (including phenoxy) is 2. The second kappa shape index (κ2) is 5.63. The molecule has 0 spiro atoms. The van der Waals surface area contributed by atoms with Gasteiger partial charge < -0.3 is 14.8 Å². The molecular formula is C13H21N3O2. The summed E-state index contributed by atoms with van der Waals surface area (Å²) in [6, 6.07) is 0. The number of anilines is 1. The first-order chi connectivity index (χ1) is 8.55. The maximum Gasteiger partial charge on any atom is 0.222 e. The number of aromatic nitrogens is 2. The Labute approximate surface area is 108 Å². The van der Waals surface area contributed by atoms with Crippen molar-refractivity contribution in [2.45, 2.75) is 32.3 Å². The molecule has 0 saturated carbocycles. The zero-order valence-electron chi connectivity index (χ0n) is 11.3. The molecule has 0 bridgehead atoms. The topological polar surface area (TPSA) is 56.3 Å². The van der Waals surface area contributed by atoms with Crippen LogP contribution in [0.4, 0.5) is 5.95 Å². The third-order valence-electron chi connectivity index (χ3n) is 2.89. The molecule has 2 rings (SSSR count). The van der Waals surface area contributed by atoms with Gasteiger partial charge in [-0.15, -0.1) is 0 Å². The first-order valence-corrected chi connectivity index (χ1v) is 6.31. The minimum absolute atomic E-state index is 0.0822. The van der Waals surface area contributed by atoms with Gasteiger partial charge in [0.15, 0.2) is 0 Å². The number of nitrogens with zero attached hydrogens (tertiary/aromatic N) is 2. The summed E-state index contributed by atoms with van der Waals surface area (Å²) >= 11 is 0.